The number of ether oxygens (including phenoxy) is 1. The van der Waals surface area contributed by atoms with Crippen LogP contribution in [-0.4, -0.2) is 18.6 Å². The van der Waals surface area contributed by atoms with E-state index in [1.165, 1.54) is 28.6 Å². The first-order chi connectivity index (χ1) is 9.35. The van der Waals surface area contributed by atoms with E-state index in [1.807, 2.05) is 6.07 Å². The third-order valence-corrected chi connectivity index (χ3v) is 3.90. The summed E-state index contributed by atoms with van der Waals surface area (Å²) in [6.07, 6.45) is 3.48. The van der Waals surface area contributed by atoms with Crippen LogP contribution in [0.4, 0.5) is 0 Å². The van der Waals surface area contributed by atoms with Crippen molar-refractivity contribution < 1.29 is 4.74 Å². The maximum absolute atomic E-state index is 5.46. The molecule has 0 fully saturated rings. The number of aromatic nitrogens is 1. The van der Waals surface area contributed by atoms with E-state index in [2.05, 4.69) is 24.4 Å². The summed E-state index contributed by atoms with van der Waals surface area (Å²) in [4.78, 5) is 4.84. The molecule has 3 nitrogen and oxygen atoms in total. The Morgan fingerprint density at radius 3 is 3.00 bits per heavy atom. The molecule has 1 heterocycles. The molecule has 0 spiro atoms. The monoisotopic (exact) mass is 256 g/mol. The Morgan fingerprint density at radius 1 is 1.32 bits per heavy atom. The van der Waals surface area contributed by atoms with Gasteiger partial charge in [0.05, 0.1) is 7.11 Å². The normalized spacial score (nSPS) is 13.8. The molecule has 1 N–H and O–H groups in total. The van der Waals surface area contributed by atoms with Crippen LogP contribution in [0, 0.1) is 0 Å². The first kappa shape index (κ1) is 12.4. The molecule has 3 rings (SSSR count). The highest BCUT2D eigenvalue weighted by molar-refractivity contribution is 5.88. The quantitative estimate of drug-likeness (QED) is 0.913. The molecule has 0 radical (unpaired) electrons. The highest BCUT2D eigenvalue weighted by atomic mass is 16.5. The predicted octanol–water partition coefficient (Wildman–Crippen LogP) is 2.84. The molecule has 0 amide bonds. The number of nitrogens with zero attached hydrogens (tertiary/aromatic N) is 1. The third kappa shape index (κ3) is 2.08. The standard InChI is InChI=1S/C16H20N2O/c1-3-17-10-13-11-6-4-8-14(11)18-16-12(13)7-5-9-15(16)19-2/h5,7,9,17H,3-4,6,8,10H2,1-2H3. The van der Waals surface area contributed by atoms with E-state index in [0.29, 0.717) is 0 Å². The van der Waals surface area contributed by atoms with Gasteiger partial charge < -0.3 is 10.1 Å². The Bertz CT molecular complexity index is 607. The fourth-order valence-electron chi connectivity index (χ4n) is 2.97. The molecule has 0 bridgehead atoms. The van der Waals surface area contributed by atoms with Crippen LogP contribution in [0.1, 0.15) is 30.2 Å². The van der Waals surface area contributed by atoms with Crippen LogP contribution in [0.5, 0.6) is 5.75 Å². The average molecular weight is 256 g/mol. The van der Waals surface area contributed by atoms with Crippen molar-refractivity contribution in [3.8, 4) is 5.75 Å². The molecule has 100 valence electrons. The number of methoxy groups -OCH3 is 1. The SMILES string of the molecule is CCNCc1c2c(nc3c(OC)cccc13)CCC2. The van der Waals surface area contributed by atoms with Gasteiger partial charge in [0.2, 0.25) is 0 Å². The van der Waals surface area contributed by atoms with Gasteiger partial charge in [0.25, 0.3) is 0 Å². The predicted molar refractivity (Wildman–Crippen MR) is 77.7 cm³/mol. The van der Waals surface area contributed by atoms with E-state index in [0.717, 1.165) is 37.2 Å². The smallest absolute Gasteiger partial charge is 0.145 e. The average Bonchev–Trinajstić information content (AvgIpc) is 2.91. The van der Waals surface area contributed by atoms with Gasteiger partial charge >= 0.3 is 0 Å². The van der Waals surface area contributed by atoms with Crippen molar-refractivity contribution >= 4 is 10.9 Å². The lowest BCUT2D eigenvalue weighted by molar-refractivity contribution is 0.419. The fourth-order valence-corrected chi connectivity index (χ4v) is 2.97. The summed E-state index contributed by atoms with van der Waals surface area (Å²) in [5, 5.41) is 4.69. The van der Waals surface area contributed by atoms with Crippen molar-refractivity contribution in [2.24, 2.45) is 0 Å². The molecule has 0 saturated carbocycles. The lowest BCUT2D eigenvalue weighted by Gasteiger charge is -2.14. The van der Waals surface area contributed by atoms with E-state index in [-0.39, 0.29) is 0 Å². The Morgan fingerprint density at radius 2 is 2.21 bits per heavy atom. The van der Waals surface area contributed by atoms with Crippen LogP contribution in [0.25, 0.3) is 10.9 Å². The van der Waals surface area contributed by atoms with Crippen molar-refractivity contribution in [3.05, 3.63) is 35.0 Å². The van der Waals surface area contributed by atoms with Crippen molar-refractivity contribution in [1.29, 1.82) is 0 Å². The van der Waals surface area contributed by atoms with Gasteiger partial charge in [0.1, 0.15) is 11.3 Å². The minimum absolute atomic E-state index is 0.880. The van der Waals surface area contributed by atoms with Crippen LogP contribution in [0.3, 0.4) is 0 Å². The first-order valence-corrected chi connectivity index (χ1v) is 7.03. The molecule has 1 aliphatic carbocycles. The molecular weight excluding hydrogens is 236 g/mol. The fraction of sp³-hybridized carbons (Fsp3) is 0.438. The molecule has 0 saturated heterocycles. The lowest BCUT2D eigenvalue weighted by Crippen LogP contribution is -2.14. The lowest BCUT2D eigenvalue weighted by atomic mass is 10.0. The van der Waals surface area contributed by atoms with Crippen LogP contribution < -0.4 is 10.1 Å². The summed E-state index contributed by atoms with van der Waals surface area (Å²) in [5.41, 5.74) is 5.16. The van der Waals surface area contributed by atoms with Crippen molar-refractivity contribution in [2.45, 2.75) is 32.7 Å². The number of hydrogen-bond donors (Lipinski definition) is 1. The highest BCUT2D eigenvalue weighted by Gasteiger charge is 2.20. The summed E-state index contributed by atoms with van der Waals surface area (Å²) >= 11 is 0. The van der Waals surface area contributed by atoms with Crippen molar-refractivity contribution in [3.63, 3.8) is 0 Å². The van der Waals surface area contributed by atoms with Crippen molar-refractivity contribution in [2.75, 3.05) is 13.7 Å². The Kier molecular flexibility index (Phi) is 3.38. The summed E-state index contributed by atoms with van der Waals surface area (Å²) in [6.45, 7) is 4.05. The number of rotatable bonds is 4. The number of aryl methyl sites for hydroxylation is 1. The number of para-hydroxylation sites is 1. The maximum atomic E-state index is 5.46. The topological polar surface area (TPSA) is 34.2 Å². The second kappa shape index (κ2) is 5.17. The Labute approximate surface area is 114 Å². The van der Waals surface area contributed by atoms with Crippen molar-refractivity contribution in [1.82, 2.24) is 10.3 Å². The van der Waals surface area contributed by atoms with E-state index in [1.54, 1.807) is 7.11 Å². The number of nitrogens with one attached hydrogen (secondary N) is 1. The first-order valence-electron chi connectivity index (χ1n) is 7.03. The second-order valence-corrected chi connectivity index (χ2v) is 5.01. The van der Waals surface area contributed by atoms with E-state index in [9.17, 15) is 0 Å². The summed E-state index contributed by atoms with van der Waals surface area (Å²) in [7, 11) is 1.72. The van der Waals surface area contributed by atoms with E-state index in [4.69, 9.17) is 9.72 Å². The minimum Gasteiger partial charge on any atom is -0.494 e. The van der Waals surface area contributed by atoms with Gasteiger partial charge in [-0.3, -0.25) is 0 Å². The molecule has 0 unspecified atom stereocenters. The Balaban J connectivity index is 2.24. The molecule has 0 atom stereocenters. The van der Waals surface area contributed by atoms with Gasteiger partial charge in [0, 0.05) is 17.6 Å². The van der Waals surface area contributed by atoms with Crippen LogP contribution in [-0.2, 0) is 19.4 Å². The second-order valence-electron chi connectivity index (χ2n) is 5.01. The summed E-state index contributed by atoms with van der Waals surface area (Å²) in [6, 6.07) is 6.21. The zero-order chi connectivity index (χ0) is 13.2. The van der Waals surface area contributed by atoms with Gasteiger partial charge in [0.15, 0.2) is 0 Å². The van der Waals surface area contributed by atoms with E-state index < -0.39 is 0 Å². The molecule has 1 aromatic carbocycles. The molecule has 3 heteroatoms. The number of fused-ring (bicyclic) bond motifs is 2. The van der Waals surface area contributed by atoms with E-state index >= 15 is 0 Å². The van der Waals surface area contributed by atoms with Crippen LogP contribution in [0.2, 0.25) is 0 Å². The summed E-state index contributed by atoms with van der Waals surface area (Å²) in [5.74, 6) is 0.880. The zero-order valence-electron chi connectivity index (χ0n) is 11.6. The van der Waals surface area contributed by atoms with Crippen LogP contribution in [0.15, 0.2) is 18.2 Å². The van der Waals surface area contributed by atoms with Gasteiger partial charge in [-0.15, -0.1) is 0 Å². The van der Waals surface area contributed by atoms with Gasteiger partial charge in [-0.05, 0) is 43.0 Å². The molecule has 19 heavy (non-hydrogen) atoms. The van der Waals surface area contributed by atoms with Gasteiger partial charge in [-0.2, -0.15) is 0 Å². The number of pyridine rings is 1. The summed E-state index contributed by atoms with van der Waals surface area (Å²) < 4.78 is 5.46. The highest BCUT2D eigenvalue weighted by Crippen LogP contribution is 2.33. The van der Waals surface area contributed by atoms with Gasteiger partial charge in [-0.1, -0.05) is 19.1 Å². The molecule has 1 aromatic heterocycles. The Hall–Kier alpha value is -1.61. The molecule has 0 aliphatic heterocycles. The minimum atomic E-state index is 0.880. The number of hydrogen-bond acceptors (Lipinski definition) is 3. The molecular formula is C16H20N2O. The largest absolute Gasteiger partial charge is 0.494 e. The number of benzene rings is 1. The van der Waals surface area contributed by atoms with Crippen LogP contribution >= 0.6 is 0 Å². The molecule has 2 aromatic rings. The zero-order valence-corrected chi connectivity index (χ0v) is 11.6. The molecule has 1 aliphatic rings. The van der Waals surface area contributed by atoms with Gasteiger partial charge in [-0.25, -0.2) is 4.98 Å². The third-order valence-electron chi connectivity index (χ3n) is 3.90. The maximum Gasteiger partial charge on any atom is 0.145 e.